The molecule has 0 amide bonds. The van der Waals surface area contributed by atoms with Gasteiger partial charge in [-0.2, -0.15) is 8.78 Å². The van der Waals surface area contributed by atoms with Crippen LogP contribution in [0.1, 0.15) is 30.9 Å². The van der Waals surface area contributed by atoms with Crippen LogP contribution in [0.15, 0.2) is 18.2 Å². The van der Waals surface area contributed by atoms with Gasteiger partial charge in [-0.1, -0.05) is 26.0 Å². The Morgan fingerprint density at radius 3 is 2.50 bits per heavy atom. The summed E-state index contributed by atoms with van der Waals surface area (Å²) in [6.07, 6.45) is 0.486. The first kappa shape index (κ1) is 13.3. The van der Waals surface area contributed by atoms with Crippen LogP contribution >= 0.6 is 0 Å². The molecule has 1 aromatic carbocycles. The molecule has 18 heavy (non-hydrogen) atoms. The van der Waals surface area contributed by atoms with Crippen molar-refractivity contribution in [2.75, 3.05) is 10.8 Å². The van der Waals surface area contributed by atoms with E-state index in [4.69, 9.17) is 0 Å². The summed E-state index contributed by atoms with van der Waals surface area (Å²) in [6.45, 7) is 4.05. The van der Waals surface area contributed by atoms with E-state index < -0.39 is 15.8 Å². The maximum Gasteiger partial charge on any atom is 0.355 e. The third-order valence-corrected chi connectivity index (χ3v) is 4.61. The van der Waals surface area contributed by atoms with Gasteiger partial charge in [-0.25, -0.2) is 8.42 Å². The van der Waals surface area contributed by atoms with E-state index in [2.05, 4.69) is 0 Å². The molecule has 1 aliphatic rings. The molecule has 100 valence electrons. The van der Waals surface area contributed by atoms with Gasteiger partial charge in [0.05, 0.1) is 5.69 Å². The fourth-order valence-corrected chi connectivity index (χ4v) is 3.07. The number of alkyl halides is 2. The lowest BCUT2D eigenvalue weighted by molar-refractivity contribution is 0.234. The van der Waals surface area contributed by atoms with E-state index in [1.807, 2.05) is 26.0 Å². The summed E-state index contributed by atoms with van der Waals surface area (Å²) >= 11 is 0. The highest BCUT2D eigenvalue weighted by Crippen LogP contribution is 2.34. The van der Waals surface area contributed by atoms with Gasteiger partial charge in [0.15, 0.2) is 0 Å². The van der Waals surface area contributed by atoms with Crippen LogP contribution in [0.4, 0.5) is 14.5 Å². The molecule has 0 fully saturated rings. The molecule has 3 nitrogen and oxygen atoms in total. The summed E-state index contributed by atoms with van der Waals surface area (Å²) in [5.41, 5.74) is 2.16. The summed E-state index contributed by atoms with van der Waals surface area (Å²) in [6, 6.07) is 5.45. The van der Waals surface area contributed by atoms with Crippen LogP contribution in [0, 0.1) is 0 Å². The maximum atomic E-state index is 12.6. The third-order valence-electron chi connectivity index (χ3n) is 3.16. The van der Waals surface area contributed by atoms with Crippen molar-refractivity contribution in [3.63, 3.8) is 0 Å². The second-order valence-corrected chi connectivity index (χ2v) is 6.50. The zero-order valence-corrected chi connectivity index (χ0v) is 11.0. The Kier molecular flexibility index (Phi) is 3.31. The van der Waals surface area contributed by atoms with Gasteiger partial charge >= 0.3 is 5.76 Å². The monoisotopic (exact) mass is 275 g/mol. The second kappa shape index (κ2) is 4.50. The minimum Gasteiger partial charge on any atom is -0.265 e. The van der Waals surface area contributed by atoms with Gasteiger partial charge in [-0.15, -0.1) is 0 Å². The number of rotatable bonds is 3. The van der Waals surface area contributed by atoms with Crippen molar-refractivity contribution < 1.29 is 17.2 Å². The molecule has 0 unspecified atom stereocenters. The van der Waals surface area contributed by atoms with E-state index in [1.54, 1.807) is 6.07 Å². The largest absolute Gasteiger partial charge is 0.355 e. The Hall–Kier alpha value is -1.17. The van der Waals surface area contributed by atoms with Crippen molar-refractivity contribution in [3.05, 3.63) is 29.3 Å². The summed E-state index contributed by atoms with van der Waals surface area (Å²) in [5.74, 6) is -3.14. The first-order valence-electron chi connectivity index (χ1n) is 5.76. The van der Waals surface area contributed by atoms with Crippen LogP contribution in [-0.2, 0) is 16.4 Å². The van der Waals surface area contributed by atoms with E-state index in [0.717, 1.165) is 15.4 Å². The molecule has 6 heteroatoms. The summed E-state index contributed by atoms with van der Waals surface area (Å²) < 4.78 is 49.1. The Morgan fingerprint density at radius 2 is 1.94 bits per heavy atom. The highest BCUT2D eigenvalue weighted by molar-refractivity contribution is 7.93. The quantitative estimate of drug-likeness (QED) is 0.850. The van der Waals surface area contributed by atoms with Gasteiger partial charge in [0.2, 0.25) is 0 Å². The lowest BCUT2D eigenvalue weighted by Crippen LogP contribution is -2.33. The van der Waals surface area contributed by atoms with Crippen LogP contribution in [0.3, 0.4) is 0 Å². The van der Waals surface area contributed by atoms with E-state index >= 15 is 0 Å². The van der Waals surface area contributed by atoms with E-state index in [9.17, 15) is 17.2 Å². The number of halogens is 2. The van der Waals surface area contributed by atoms with E-state index in [0.29, 0.717) is 12.1 Å². The SMILES string of the molecule is CC(C)c1ccc2c(c1)N(S(=O)(=O)C(F)F)CC2. The maximum absolute atomic E-state index is 12.6. The normalized spacial score (nSPS) is 15.6. The number of nitrogens with zero attached hydrogens (tertiary/aromatic N) is 1. The van der Waals surface area contributed by atoms with Gasteiger partial charge in [0, 0.05) is 6.54 Å². The van der Waals surface area contributed by atoms with Crippen LogP contribution < -0.4 is 4.31 Å². The molecule has 0 bridgehead atoms. The Balaban J connectivity index is 2.47. The molecule has 0 radical (unpaired) electrons. The highest BCUT2D eigenvalue weighted by atomic mass is 32.2. The zero-order valence-electron chi connectivity index (χ0n) is 10.2. The number of sulfonamides is 1. The van der Waals surface area contributed by atoms with Crippen molar-refractivity contribution >= 4 is 15.7 Å². The molecular formula is C12H15F2NO2S. The van der Waals surface area contributed by atoms with E-state index in [1.165, 1.54) is 0 Å². The van der Waals surface area contributed by atoms with Crippen molar-refractivity contribution in [2.24, 2.45) is 0 Å². The molecule has 1 aliphatic heterocycles. The second-order valence-electron chi connectivity index (χ2n) is 4.67. The molecule has 0 atom stereocenters. The minimum absolute atomic E-state index is 0.101. The fraction of sp³-hybridized carbons (Fsp3) is 0.500. The summed E-state index contributed by atoms with van der Waals surface area (Å²) in [4.78, 5) is 0. The molecule has 0 N–H and O–H groups in total. The number of fused-ring (bicyclic) bond motifs is 1. The van der Waals surface area contributed by atoms with Gasteiger partial charge in [0.1, 0.15) is 0 Å². The Bertz CT molecular complexity index is 555. The molecular weight excluding hydrogens is 260 g/mol. The molecule has 0 saturated carbocycles. The summed E-state index contributed by atoms with van der Waals surface area (Å²) in [7, 11) is -4.53. The first-order chi connectivity index (χ1) is 8.34. The predicted molar refractivity (Wildman–Crippen MR) is 66.5 cm³/mol. The fourth-order valence-electron chi connectivity index (χ4n) is 2.09. The van der Waals surface area contributed by atoms with Gasteiger partial charge in [-0.05, 0) is 29.5 Å². The van der Waals surface area contributed by atoms with E-state index in [-0.39, 0.29) is 12.5 Å². The van der Waals surface area contributed by atoms with Crippen LogP contribution in [0.5, 0.6) is 0 Å². The molecule has 0 aliphatic carbocycles. The molecule has 0 spiro atoms. The standard InChI is InChI=1S/C12H15F2NO2S/c1-8(2)10-4-3-9-5-6-15(11(9)7-10)18(16,17)12(13)14/h3-4,7-8,12H,5-6H2,1-2H3. The van der Waals surface area contributed by atoms with Crippen LogP contribution in [0.25, 0.3) is 0 Å². The molecule has 2 rings (SSSR count). The van der Waals surface area contributed by atoms with Crippen LogP contribution in [-0.4, -0.2) is 20.7 Å². The molecule has 0 saturated heterocycles. The van der Waals surface area contributed by atoms with Gasteiger partial charge in [0.25, 0.3) is 10.0 Å². The number of anilines is 1. The van der Waals surface area contributed by atoms with Crippen molar-refractivity contribution in [3.8, 4) is 0 Å². The predicted octanol–water partition coefficient (Wildman–Crippen LogP) is 2.72. The number of hydrogen-bond donors (Lipinski definition) is 0. The lowest BCUT2D eigenvalue weighted by Gasteiger charge is -2.19. The zero-order chi connectivity index (χ0) is 13.5. The summed E-state index contributed by atoms with van der Waals surface area (Å²) in [5, 5.41) is 0. The molecule has 1 heterocycles. The third kappa shape index (κ3) is 2.09. The van der Waals surface area contributed by atoms with Crippen molar-refractivity contribution in [1.82, 2.24) is 0 Å². The molecule has 1 aromatic rings. The van der Waals surface area contributed by atoms with Crippen molar-refractivity contribution in [1.29, 1.82) is 0 Å². The Labute approximate surface area is 105 Å². The lowest BCUT2D eigenvalue weighted by atomic mass is 10.0. The topological polar surface area (TPSA) is 37.4 Å². The van der Waals surface area contributed by atoms with Crippen LogP contribution in [0.2, 0.25) is 0 Å². The average Bonchev–Trinajstić information content (AvgIpc) is 2.71. The average molecular weight is 275 g/mol. The van der Waals surface area contributed by atoms with Gasteiger partial charge < -0.3 is 0 Å². The first-order valence-corrected chi connectivity index (χ1v) is 7.27. The highest BCUT2D eigenvalue weighted by Gasteiger charge is 2.36. The Morgan fingerprint density at radius 1 is 1.28 bits per heavy atom. The van der Waals surface area contributed by atoms with Gasteiger partial charge in [-0.3, -0.25) is 4.31 Å². The van der Waals surface area contributed by atoms with Crippen molar-refractivity contribution in [2.45, 2.75) is 31.9 Å². The number of benzene rings is 1. The minimum atomic E-state index is -4.53. The number of hydrogen-bond acceptors (Lipinski definition) is 2. The smallest absolute Gasteiger partial charge is 0.265 e. The molecule has 0 aromatic heterocycles.